The van der Waals surface area contributed by atoms with Gasteiger partial charge in [-0.2, -0.15) is 0 Å². The summed E-state index contributed by atoms with van der Waals surface area (Å²) in [6.07, 6.45) is -0.700. The van der Waals surface area contributed by atoms with Gasteiger partial charge in [-0.1, -0.05) is 12.1 Å². The molecule has 7 heteroatoms. The van der Waals surface area contributed by atoms with Crippen molar-refractivity contribution in [1.82, 2.24) is 0 Å². The number of benzene rings is 2. The highest BCUT2D eigenvalue weighted by Gasteiger charge is 2.18. The number of amides is 1. The number of nitro benzene ring substituents is 1. The first-order chi connectivity index (χ1) is 11.6. The summed E-state index contributed by atoms with van der Waals surface area (Å²) in [7, 11) is 0. The topological polar surface area (TPSA) is 90.7 Å². The molecule has 1 amide bonds. The van der Waals surface area contributed by atoms with Gasteiger partial charge >= 0.3 is 6.09 Å². The molecule has 0 fully saturated rings. The summed E-state index contributed by atoms with van der Waals surface area (Å²) in [5, 5.41) is 13.6. The van der Waals surface area contributed by atoms with Gasteiger partial charge in [0.25, 0.3) is 5.69 Å². The highest BCUT2D eigenvalue weighted by Crippen LogP contribution is 2.30. The minimum atomic E-state index is -0.700. The van der Waals surface area contributed by atoms with Crippen LogP contribution in [0.2, 0.25) is 0 Å². The van der Waals surface area contributed by atoms with E-state index >= 15 is 0 Å². The van der Waals surface area contributed by atoms with Crippen LogP contribution in [0.1, 0.15) is 26.3 Å². The number of ether oxygens (including phenoxy) is 2. The van der Waals surface area contributed by atoms with E-state index in [1.807, 2.05) is 19.1 Å². The third kappa shape index (κ3) is 5.80. The Balaban J connectivity index is 2.27. The molecule has 0 atom stereocenters. The van der Waals surface area contributed by atoms with Crippen LogP contribution in [0, 0.1) is 17.0 Å². The van der Waals surface area contributed by atoms with Crippen molar-refractivity contribution in [2.45, 2.75) is 33.3 Å². The SMILES string of the molecule is Cc1cccc(Oc2cc(NC(=O)OC(C)(C)C)cc([N+](=O)[O-])c2)c1. The molecule has 0 aliphatic carbocycles. The Bertz CT molecular complexity index is 796. The molecule has 0 heterocycles. The number of anilines is 1. The zero-order chi connectivity index (χ0) is 18.6. The molecule has 132 valence electrons. The number of carbonyl (C=O) groups is 1. The fourth-order valence-corrected chi connectivity index (χ4v) is 2.06. The molecule has 0 aromatic heterocycles. The van der Waals surface area contributed by atoms with Gasteiger partial charge in [-0.25, -0.2) is 4.79 Å². The van der Waals surface area contributed by atoms with Crippen LogP contribution < -0.4 is 10.1 Å². The average Bonchev–Trinajstić information content (AvgIpc) is 2.44. The summed E-state index contributed by atoms with van der Waals surface area (Å²) in [5.41, 5.74) is 0.337. The first-order valence-corrected chi connectivity index (χ1v) is 7.66. The largest absolute Gasteiger partial charge is 0.457 e. The van der Waals surface area contributed by atoms with E-state index in [0.29, 0.717) is 5.75 Å². The van der Waals surface area contributed by atoms with Gasteiger partial charge in [-0.3, -0.25) is 15.4 Å². The van der Waals surface area contributed by atoms with E-state index in [4.69, 9.17) is 9.47 Å². The molecule has 1 N–H and O–H groups in total. The van der Waals surface area contributed by atoms with Crippen molar-refractivity contribution in [3.63, 3.8) is 0 Å². The Morgan fingerprint density at radius 2 is 1.84 bits per heavy atom. The van der Waals surface area contributed by atoms with Crippen LogP contribution in [-0.4, -0.2) is 16.6 Å². The molecular formula is C18H20N2O5. The number of hydrogen-bond acceptors (Lipinski definition) is 5. The molecule has 0 unspecified atom stereocenters. The van der Waals surface area contributed by atoms with E-state index in [-0.39, 0.29) is 17.1 Å². The zero-order valence-corrected chi connectivity index (χ0v) is 14.5. The quantitative estimate of drug-likeness (QED) is 0.619. The molecular weight excluding hydrogens is 324 g/mol. The van der Waals surface area contributed by atoms with Crippen molar-refractivity contribution in [2.75, 3.05) is 5.32 Å². The molecule has 25 heavy (non-hydrogen) atoms. The average molecular weight is 344 g/mol. The van der Waals surface area contributed by atoms with Crippen LogP contribution in [0.15, 0.2) is 42.5 Å². The number of non-ortho nitro benzene ring substituents is 1. The standard InChI is InChI=1S/C18H20N2O5/c1-12-6-5-7-15(8-12)24-16-10-13(9-14(11-16)20(22)23)19-17(21)25-18(2,3)4/h5-11H,1-4H3,(H,19,21). The summed E-state index contributed by atoms with van der Waals surface area (Å²) in [4.78, 5) is 22.5. The molecule has 2 aromatic carbocycles. The van der Waals surface area contributed by atoms with Gasteiger partial charge in [0.2, 0.25) is 0 Å². The molecule has 0 saturated carbocycles. The maximum atomic E-state index is 11.9. The second-order valence-electron chi connectivity index (χ2n) is 6.52. The number of aryl methyl sites for hydroxylation is 1. The lowest BCUT2D eigenvalue weighted by atomic mass is 10.2. The lowest BCUT2D eigenvalue weighted by Crippen LogP contribution is -2.27. The number of nitrogens with one attached hydrogen (secondary N) is 1. The number of carbonyl (C=O) groups excluding carboxylic acids is 1. The van der Waals surface area contributed by atoms with Crippen molar-refractivity contribution in [3.05, 3.63) is 58.1 Å². The van der Waals surface area contributed by atoms with Gasteiger partial charge in [-0.05, 0) is 45.4 Å². The molecule has 0 aliphatic heterocycles. The highest BCUT2D eigenvalue weighted by molar-refractivity contribution is 5.85. The zero-order valence-electron chi connectivity index (χ0n) is 14.5. The first-order valence-electron chi connectivity index (χ1n) is 7.66. The Hall–Kier alpha value is -3.09. The minimum absolute atomic E-state index is 0.198. The van der Waals surface area contributed by atoms with Crippen LogP contribution >= 0.6 is 0 Å². The monoisotopic (exact) mass is 344 g/mol. The third-order valence-electron chi connectivity index (χ3n) is 2.97. The molecule has 0 radical (unpaired) electrons. The fourth-order valence-electron chi connectivity index (χ4n) is 2.06. The van der Waals surface area contributed by atoms with Crippen LogP contribution in [-0.2, 0) is 4.74 Å². The Morgan fingerprint density at radius 3 is 2.44 bits per heavy atom. The normalized spacial score (nSPS) is 10.9. The number of hydrogen-bond donors (Lipinski definition) is 1. The van der Waals surface area contributed by atoms with E-state index < -0.39 is 16.6 Å². The summed E-state index contributed by atoms with van der Waals surface area (Å²) >= 11 is 0. The molecule has 0 saturated heterocycles. The van der Waals surface area contributed by atoms with Crippen LogP contribution in [0.25, 0.3) is 0 Å². The maximum Gasteiger partial charge on any atom is 0.412 e. The summed E-state index contributed by atoms with van der Waals surface area (Å²) in [6, 6.07) is 11.3. The van der Waals surface area contributed by atoms with Gasteiger partial charge in [0, 0.05) is 12.1 Å². The summed E-state index contributed by atoms with van der Waals surface area (Å²) < 4.78 is 10.8. The maximum absolute atomic E-state index is 11.9. The molecule has 0 spiro atoms. The molecule has 2 rings (SSSR count). The van der Waals surface area contributed by atoms with Crippen molar-refractivity contribution >= 4 is 17.5 Å². The van der Waals surface area contributed by atoms with Crippen LogP contribution in [0.3, 0.4) is 0 Å². The fraction of sp³-hybridized carbons (Fsp3) is 0.278. The van der Waals surface area contributed by atoms with E-state index in [2.05, 4.69) is 5.32 Å². The van der Waals surface area contributed by atoms with Gasteiger partial charge in [0.1, 0.15) is 17.1 Å². The molecule has 2 aromatic rings. The van der Waals surface area contributed by atoms with Crippen molar-refractivity contribution in [1.29, 1.82) is 0 Å². The first kappa shape index (κ1) is 18.3. The Labute approximate surface area is 145 Å². The second-order valence-corrected chi connectivity index (χ2v) is 6.52. The summed E-state index contributed by atoms with van der Waals surface area (Å²) in [6.45, 7) is 7.10. The Kier molecular flexibility index (Phi) is 5.26. The lowest BCUT2D eigenvalue weighted by molar-refractivity contribution is -0.384. The number of nitrogens with zero attached hydrogens (tertiary/aromatic N) is 1. The van der Waals surface area contributed by atoms with Crippen LogP contribution in [0.5, 0.6) is 11.5 Å². The number of rotatable bonds is 4. The smallest absolute Gasteiger partial charge is 0.412 e. The highest BCUT2D eigenvalue weighted by atomic mass is 16.6. The minimum Gasteiger partial charge on any atom is -0.457 e. The second kappa shape index (κ2) is 7.21. The van der Waals surface area contributed by atoms with Crippen molar-refractivity contribution < 1.29 is 19.2 Å². The molecule has 0 aliphatic rings. The molecule has 7 nitrogen and oxygen atoms in total. The predicted octanol–water partition coefficient (Wildman–Crippen LogP) is 5.04. The van der Waals surface area contributed by atoms with Gasteiger partial charge in [-0.15, -0.1) is 0 Å². The van der Waals surface area contributed by atoms with Gasteiger partial charge in [0.05, 0.1) is 16.7 Å². The Morgan fingerprint density at radius 1 is 1.12 bits per heavy atom. The van der Waals surface area contributed by atoms with E-state index in [1.165, 1.54) is 18.2 Å². The van der Waals surface area contributed by atoms with E-state index in [1.54, 1.807) is 32.9 Å². The van der Waals surface area contributed by atoms with E-state index in [9.17, 15) is 14.9 Å². The predicted molar refractivity (Wildman–Crippen MR) is 94.2 cm³/mol. The van der Waals surface area contributed by atoms with Crippen molar-refractivity contribution in [2.24, 2.45) is 0 Å². The van der Waals surface area contributed by atoms with Gasteiger partial charge in [0.15, 0.2) is 0 Å². The third-order valence-corrected chi connectivity index (χ3v) is 2.97. The van der Waals surface area contributed by atoms with Crippen molar-refractivity contribution in [3.8, 4) is 11.5 Å². The number of nitro groups is 1. The van der Waals surface area contributed by atoms with Gasteiger partial charge < -0.3 is 9.47 Å². The van der Waals surface area contributed by atoms with Crippen LogP contribution in [0.4, 0.5) is 16.2 Å². The summed E-state index contributed by atoms with van der Waals surface area (Å²) in [5.74, 6) is 0.787. The van der Waals surface area contributed by atoms with E-state index in [0.717, 1.165) is 5.56 Å². The lowest BCUT2D eigenvalue weighted by Gasteiger charge is -2.19. The molecule has 0 bridgehead atoms.